The zero-order chi connectivity index (χ0) is 20.1. The van der Waals surface area contributed by atoms with Crippen LogP contribution < -0.4 is 5.32 Å². The highest BCUT2D eigenvalue weighted by atomic mass is 79.9. The molecule has 1 aliphatic heterocycles. The van der Waals surface area contributed by atoms with Gasteiger partial charge < -0.3 is 5.32 Å². The quantitative estimate of drug-likeness (QED) is 0.729. The van der Waals surface area contributed by atoms with Gasteiger partial charge in [-0.25, -0.2) is 17.2 Å². The molecular weight excluding hydrogens is 454 g/mol. The number of hydrogen-bond acceptors (Lipinski definition) is 3. The van der Waals surface area contributed by atoms with Crippen LogP contribution >= 0.6 is 15.9 Å². The maximum atomic E-state index is 13.9. The van der Waals surface area contributed by atoms with E-state index in [2.05, 4.69) is 21.2 Å². The Morgan fingerprint density at radius 1 is 1.18 bits per heavy atom. The van der Waals surface area contributed by atoms with Crippen LogP contribution in [0.4, 0.5) is 8.78 Å². The van der Waals surface area contributed by atoms with Gasteiger partial charge >= 0.3 is 0 Å². The Kier molecular flexibility index (Phi) is 5.01. The van der Waals surface area contributed by atoms with E-state index in [4.69, 9.17) is 0 Å². The van der Waals surface area contributed by atoms with E-state index in [0.717, 1.165) is 18.6 Å². The number of nitrogens with one attached hydrogen (secondary N) is 1. The number of benzene rings is 2. The van der Waals surface area contributed by atoms with Crippen LogP contribution in [0.15, 0.2) is 51.8 Å². The topological polar surface area (TPSA) is 66.5 Å². The molecule has 2 aromatic carbocycles. The van der Waals surface area contributed by atoms with Crippen molar-refractivity contribution in [2.45, 2.75) is 23.9 Å². The lowest BCUT2D eigenvalue weighted by atomic mass is 10.1. The number of carbonyl (C=O) groups excluding carboxylic acids is 1. The standard InChI is InChI=1S/C19H17BrF2N2O3S/c20-13-1-6-17(22)11(7-13)9-23-19(25)18-16-8-12(16)10-24(18)28(26,27)15-4-2-14(21)3-5-15/h1-7,12,16,18H,8-10H2,(H,23,25)/t12-,16-,18-/m0/s1. The van der Waals surface area contributed by atoms with Crippen LogP contribution in [-0.2, 0) is 21.4 Å². The molecule has 2 aromatic rings. The Morgan fingerprint density at radius 2 is 1.89 bits per heavy atom. The molecular formula is C19H17BrF2N2O3S. The Hall–Kier alpha value is -1.84. The van der Waals surface area contributed by atoms with Crippen LogP contribution in [0.3, 0.4) is 0 Å². The summed E-state index contributed by atoms with van der Waals surface area (Å²) >= 11 is 3.26. The smallest absolute Gasteiger partial charge is 0.243 e. The van der Waals surface area contributed by atoms with Crippen LogP contribution in [-0.4, -0.2) is 31.2 Å². The van der Waals surface area contributed by atoms with Crippen molar-refractivity contribution in [2.24, 2.45) is 11.8 Å². The Labute approximate surface area is 169 Å². The molecule has 9 heteroatoms. The predicted octanol–water partition coefficient (Wildman–Crippen LogP) is 3.05. The van der Waals surface area contributed by atoms with E-state index >= 15 is 0 Å². The molecule has 3 atom stereocenters. The lowest BCUT2D eigenvalue weighted by Crippen LogP contribution is -2.48. The van der Waals surface area contributed by atoms with E-state index in [1.807, 2.05) is 0 Å². The van der Waals surface area contributed by atoms with Gasteiger partial charge in [-0.1, -0.05) is 15.9 Å². The number of fused-ring (bicyclic) bond motifs is 1. The highest BCUT2D eigenvalue weighted by Crippen LogP contribution is 2.51. The lowest BCUT2D eigenvalue weighted by Gasteiger charge is -2.26. The molecule has 1 saturated heterocycles. The third kappa shape index (κ3) is 3.58. The van der Waals surface area contributed by atoms with Crippen molar-refractivity contribution in [1.29, 1.82) is 0 Å². The van der Waals surface area contributed by atoms with E-state index in [1.54, 1.807) is 12.1 Å². The third-order valence-electron chi connectivity index (χ3n) is 5.26. The fourth-order valence-corrected chi connectivity index (χ4v) is 5.80. The van der Waals surface area contributed by atoms with Gasteiger partial charge in [0.25, 0.3) is 0 Å². The van der Waals surface area contributed by atoms with Gasteiger partial charge in [-0.15, -0.1) is 0 Å². The molecule has 0 radical (unpaired) electrons. The largest absolute Gasteiger partial charge is 0.351 e. The Morgan fingerprint density at radius 3 is 2.61 bits per heavy atom. The zero-order valence-corrected chi connectivity index (χ0v) is 17.0. The monoisotopic (exact) mass is 470 g/mol. The maximum absolute atomic E-state index is 13.9. The van der Waals surface area contributed by atoms with Crippen molar-refractivity contribution >= 4 is 31.9 Å². The summed E-state index contributed by atoms with van der Waals surface area (Å²) in [7, 11) is -3.93. The molecule has 1 N–H and O–H groups in total. The summed E-state index contributed by atoms with van der Waals surface area (Å²) in [5.41, 5.74) is 0.306. The first-order valence-corrected chi connectivity index (χ1v) is 11.0. The second kappa shape index (κ2) is 7.20. The molecule has 1 amide bonds. The van der Waals surface area contributed by atoms with Gasteiger partial charge in [0, 0.05) is 23.1 Å². The molecule has 2 aliphatic rings. The summed E-state index contributed by atoms with van der Waals surface area (Å²) in [5.74, 6) is -1.32. The van der Waals surface area contributed by atoms with Crippen molar-refractivity contribution in [1.82, 2.24) is 9.62 Å². The van der Waals surface area contributed by atoms with E-state index in [9.17, 15) is 22.0 Å². The van der Waals surface area contributed by atoms with E-state index in [1.165, 1.54) is 22.5 Å². The maximum Gasteiger partial charge on any atom is 0.243 e. The number of piperidine rings is 1. The molecule has 1 saturated carbocycles. The van der Waals surface area contributed by atoms with Crippen molar-refractivity contribution in [2.75, 3.05) is 6.54 Å². The third-order valence-corrected chi connectivity index (χ3v) is 7.61. The van der Waals surface area contributed by atoms with Crippen molar-refractivity contribution < 1.29 is 22.0 Å². The van der Waals surface area contributed by atoms with Crippen molar-refractivity contribution in [3.05, 3.63) is 64.1 Å². The second-order valence-electron chi connectivity index (χ2n) is 7.09. The first-order chi connectivity index (χ1) is 13.3. The number of amides is 1. The van der Waals surface area contributed by atoms with Gasteiger partial charge in [-0.2, -0.15) is 4.31 Å². The van der Waals surface area contributed by atoms with E-state index < -0.39 is 33.6 Å². The first kappa shape index (κ1) is 19.5. The highest BCUT2D eigenvalue weighted by Gasteiger charge is 2.58. The summed E-state index contributed by atoms with van der Waals surface area (Å²) in [6, 6.07) is 8.13. The second-order valence-corrected chi connectivity index (χ2v) is 9.89. The molecule has 4 rings (SSSR count). The Balaban J connectivity index is 1.53. The van der Waals surface area contributed by atoms with Gasteiger partial charge in [0.15, 0.2) is 0 Å². The van der Waals surface area contributed by atoms with E-state index in [-0.39, 0.29) is 29.8 Å². The predicted molar refractivity (Wildman–Crippen MR) is 102 cm³/mol. The molecule has 0 aromatic heterocycles. The zero-order valence-electron chi connectivity index (χ0n) is 14.6. The van der Waals surface area contributed by atoms with Crippen LogP contribution in [0.1, 0.15) is 12.0 Å². The molecule has 1 heterocycles. The van der Waals surface area contributed by atoms with Crippen molar-refractivity contribution in [3.8, 4) is 0 Å². The average molecular weight is 471 g/mol. The number of sulfonamides is 1. The van der Waals surface area contributed by atoms with Crippen LogP contribution in [0, 0.1) is 23.5 Å². The summed E-state index contributed by atoms with van der Waals surface area (Å²) in [4.78, 5) is 12.7. The number of hydrogen-bond donors (Lipinski definition) is 1. The molecule has 148 valence electrons. The molecule has 5 nitrogen and oxygen atoms in total. The van der Waals surface area contributed by atoms with Gasteiger partial charge in [0.2, 0.25) is 15.9 Å². The molecule has 0 unspecified atom stereocenters. The van der Waals surface area contributed by atoms with Crippen LogP contribution in [0.25, 0.3) is 0 Å². The summed E-state index contributed by atoms with van der Waals surface area (Å²) < 4.78 is 54.8. The molecule has 1 aliphatic carbocycles. The van der Waals surface area contributed by atoms with Crippen LogP contribution in [0.2, 0.25) is 0 Å². The summed E-state index contributed by atoms with van der Waals surface area (Å²) in [5, 5.41) is 2.66. The molecule has 2 fully saturated rings. The average Bonchev–Trinajstić information content (AvgIpc) is 3.32. The number of nitrogens with zero attached hydrogens (tertiary/aromatic N) is 1. The minimum absolute atomic E-state index is 0.0393. The number of carbonyl (C=O) groups is 1. The minimum Gasteiger partial charge on any atom is -0.351 e. The van der Waals surface area contributed by atoms with Gasteiger partial charge in [0.1, 0.15) is 17.7 Å². The van der Waals surface area contributed by atoms with Gasteiger partial charge in [-0.3, -0.25) is 4.79 Å². The van der Waals surface area contributed by atoms with Gasteiger partial charge in [-0.05, 0) is 60.7 Å². The molecule has 0 spiro atoms. The number of halogens is 3. The minimum atomic E-state index is -3.93. The molecule has 28 heavy (non-hydrogen) atoms. The summed E-state index contributed by atoms with van der Waals surface area (Å²) in [6.07, 6.45) is 0.790. The SMILES string of the molecule is O=C(NCc1cc(Br)ccc1F)[C@@H]1[C@H]2C[C@H]2CN1S(=O)(=O)c1ccc(F)cc1. The fraction of sp³-hybridized carbons (Fsp3) is 0.316. The normalized spacial score (nSPS) is 24.0. The Bertz CT molecular complexity index is 1030. The highest BCUT2D eigenvalue weighted by molar-refractivity contribution is 9.10. The molecule has 0 bridgehead atoms. The lowest BCUT2D eigenvalue weighted by molar-refractivity contribution is -0.125. The fourth-order valence-electron chi connectivity index (χ4n) is 3.71. The van der Waals surface area contributed by atoms with Gasteiger partial charge in [0.05, 0.1) is 4.90 Å². The van der Waals surface area contributed by atoms with Crippen LogP contribution in [0.5, 0.6) is 0 Å². The number of rotatable bonds is 5. The van der Waals surface area contributed by atoms with Crippen molar-refractivity contribution in [3.63, 3.8) is 0 Å². The van der Waals surface area contributed by atoms with E-state index in [0.29, 0.717) is 10.0 Å². The summed E-state index contributed by atoms with van der Waals surface area (Å²) in [6.45, 7) is 0.218. The first-order valence-electron chi connectivity index (χ1n) is 8.76.